The first-order chi connectivity index (χ1) is 7.05. The molecule has 0 amide bonds. The molecule has 0 atom stereocenters. The zero-order valence-electron chi connectivity index (χ0n) is 10.0. The lowest BCUT2D eigenvalue weighted by molar-refractivity contribution is -0.107. The van der Waals surface area contributed by atoms with E-state index in [1.165, 1.54) is 11.3 Å². The number of rotatable bonds is 2. The molecule has 1 aromatic heterocycles. The summed E-state index contributed by atoms with van der Waals surface area (Å²) in [7, 11) is -1.30. The second-order valence-corrected chi connectivity index (χ2v) is 5.33. The van der Waals surface area contributed by atoms with Crippen LogP contribution in [0.5, 0.6) is 0 Å². The Morgan fingerprint density at radius 2 is 1.50 bits per heavy atom. The fourth-order valence-corrected chi connectivity index (χ4v) is 1.09. The monoisotopic (exact) mass is 246 g/mol. The Balaban J connectivity index is 0.000000281. The van der Waals surface area contributed by atoms with Crippen molar-refractivity contribution in [2.24, 2.45) is 0 Å². The lowest BCUT2D eigenvalue weighted by Gasteiger charge is -2.31. The van der Waals surface area contributed by atoms with Gasteiger partial charge in [-0.1, -0.05) is 6.07 Å². The van der Waals surface area contributed by atoms with Gasteiger partial charge in [0.05, 0.1) is 11.2 Å². The van der Waals surface area contributed by atoms with Gasteiger partial charge in [-0.2, -0.15) is 11.3 Å². The summed E-state index contributed by atoms with van der Waals surface area (Å²) in [5.74, 6) is 0. The van der Waals surface area contributed by atoms with E-state index in [4.69, 9.17) is 20.3 Å². The van der Waals surface area contributed by atoms with Crippen molar-refractivity contribution in [1.82, 2.24) is 0 Å². The molecule has 4 N–H and O–H groups in total. The van der Waals surface area contributed by atoms with Crippen LogP contribution in [-0.2, 0) is 0 Å². The molecule has 0 fully saturated rings. The van der Waals surface area contributed by atoms with Crippen LogP contribution in [0.4, 0.5) is 0 Å². The van der Waals surface area contributed by atoms with Gasteiger partial charge in [-0.15, -0.1) is 0 Å². The molecule has 6 heteroatoms. The number of hydrogen-bond acceptors (Lipinski definition) is 5. The Bertz CT molecular complexity index is 273. The van der Waals surface area contributed by atoms with Crippen LogP contribution < -0.4 is 5.46 Å². The molecule has 1 aromatic rings. The summed E-state index contributed by atoms with van der Waals surface area (Å²) in [6.45, 7) is 6.31. The number of thiophene rings is 1. The number of aliphatic hydroxyl groups is 2. The maximum Gasteiger partial charge on any atom is 0.489 e. The SMILES string of the molecule is CC(C)(O)C(C)(C)O.OB(O)c1ccsc1. The molecule has 1 rings (SSSR count). The molecule has 0 aromatic carbocycles. The first kappa shape index (κ1) is 15.6. The van der Waals surface area contributed by atoms with Crippen molar-refractivity contribution < 1.29 is 20.3 Å². The van der Waals surface area contributed by atoms with Gasteiger partial charge in [0.25, 0.3) is 0 Å². The molecular weight excluding hydrogens is 227 g/mol. The van der Waals surface area contributed by atoms with Gasteiger partial charge in [0.2, 0.25) is 0 Å². The summed E-state index contributed by atoms with van der Waals surface area (Å²) >= 11 is 1.45. The first-order valence-corrected chi connectivity index (χ1v) is 5.83. The molecule has 4 nitrogen and oxygen atoms in total. The molecule has 92 valence electrons. The zero-order chi connectivity index (χ0) is 13.0. The Kier molecular flexibility index (Phi) is 5.65. The highest BCUT2D eigenvalue weighted by Crippen LogP contribution is 2.19. The molecule has 0 bridgehead atoms. The molecule has 0 saturated carbocycles. The fraction of sp³-hybridized carbons (Fsp3) is 0.600. The van der Waals surface area contributed by atoms with Crippen molar-refractivity contribution in [3.8, 4) is 0 Å². The maximum atomic E-state index is 9.10. The zero-order valence-corrected chi connectivity index (χ0v) is 10.8. The highest BCUT2D eigenvalue weighted by molar-refractivity contribution is 7.09. The Hall–Kier alpha value is -0.395. The van der Waals surface area contributed by atoms with Crippen LogP contribution in [0.15, 0.2) is 16.8 Å². The van der Waals surface area contributed by atoms with E-state index in [0.29, 0.717) is 5.46 Å². The van der Waals surface area contributed by atoms with E-state index in [9.17, 15) is 0 Å². The molecule has 0 radical (unpaired) electrons. The minimum Gasteiger partial charge on any atom is -0.423 e. The fourth-order valence-electron chi connectivity index (χ4n) is 0.422. The van der Waals surface area contributed by atoms with Crippen LogP contribution in [0.1, 0.15) is 27.7 Å². The van der Waals surface area contributed by atoms with Gasteiger partial charge in [0.15, 0.2) is 0 Å². The third kappa shape index (κ3) is 5.62. The van der Waals surface area contributed by atoms with Crippen LogP contribution in [-0.4, -0.2) is 38.6 Å². The molecule has 0 unspecified atom stereocenters. The lowest BCUT2D eigenvalue weighted by atomic mass is 9.83. The molecule has 0 aliphatic rings. The predicted molar refractivity (Wildman–Crippen MR) is 66.7 cm³/mol. The van der Waals surface area contributed by atoms with Crippen LogP contribution in [0.25, 0.3) is 0 Å². The van der Waals surface area contributed by atoms with Crippen LogP contribution in [0.2, 0.25) is 0 Å². The summed E-state index contributed by atoms with van der Waals surface area (Å²) in [6, 6.07) is 1.68. The maximum absolute atomic E-state index is 9.10. The molecule has 0 aliphatic carbocycles. The van der Waals surface area contributed by atoms with Crippen molar-refractivity contribution >= 4 is 23.9 Å². The largest absolute Gasteiger partial charge is 0.489 e. The summed E-state index contributed by atoms with van der Waals surface area (Å²) in [4.78, 5) is 0. The molecule has 0 spiro atoms. The third-order valence-electron chi connectivity index (χ3n) is 2.34. The number of hydrogen-bond donors (Lipinski definition) is 4. The summed E-state index contributed by atoms with van der Waals surface area (Å²) in [5, 5.41) is 38.7. The average molecular weight is 246 g/mol. The summed E-state index contributed by atoms with van der Waals surface area (Å²) in [6.07, 6.45) is 0. The molecule has 0 aliphatic heterocycles. The Morgan fingerprint density at radius 3 is 1.62 bits per heavy atom. The van der Waals surface area contributed by atoms with Gasteiger partial charge in [0, 0.05) is 0 Å². The van der Waals surface area contributed by atoms with E-state index < -0.39 is 18.3 Å². The topological polar surface area (TPSA) is 80.9 Å². The van der Waals surface area contributed by atoms with E-state index in [2.05, 4.69) is 0 Å². The van der Waals surface area contributed by atoms with Crippen molar-refractivity contribution in [1.29, 1.82) is 0 Å². The van der Waals surface area contributed by atoms with E-state index >= 15 is 0 Å². The highest BCUT2D eigenvalue weighted by atomic mass is 32.1. The normalized spacial score (nSPS) is 11.8. The molecule has 0 saturated heterocycles. The third-order valence-corrected chi connectivity index (χ3v) is 3.04. The first-order valence-electron chi connectivity index (χ1n) is 4.88. The van der Waals surface area contributed by atoms with Crippen molar-refractivity contribution in [3.05, 3.63) is 16.8 Å². The van der Waals surface area contributed by atoms with Gasteiger partial charge >= 0.3 is 7.12 Å². The van der Waals surface area contributed by atoms with Gasteiger partial charge in [-0.25, -0.2) is 0 Å². The van der Waals surface area contributed by atoms with E-state index in [1.54, 1.807) is 44.5 Å². The predicted octanol–water partition coefficient (Wildman–Crippen LogP) is -0.0439. The molecular formula is C10H19BO4S. The second kappa shape index (κ2) is 5.79. The van der Waals surface area contributed by atoms with Gasteiger partial charge in [-0.05, 0) is 43.9 Å². The van der Waals surface area contributed by atoms with Crippen LogP contribution in [0, 0.1) is 0 Å². The van der Waals surface area contributed by atoms with Gasteiger partial charge in [-0.3, -0.25) is 0 Å². The minimum absolute atomic E-state index is 0.565. The van der Waals surface area contributed by atoms with Crippen molar-refractivity contribution in [3.63, 3.8) is 0 Å². The average Bonchev–Trinajstić information content (AvgIpc) is 2.51. The second-order valence-electron chi connectivity index (χ2n) is 4.55. The lowest BCUT2D eigenvalue weighted by Crippen LogP contribution is -2.44. The highest BCUT2D eigenvalue weighted by Gasteiger charge is 2.31. The standard InChI is InChI=1S/C6H14O2.C4H5BO2S/c1-5(2,7)6(3,4)8;6-5(7)4-1-2-8-3-4/h7-8H,1-4H3;1-3,6-7H. The van der Waals surface area contributed by atoms with E-state index in [1.807, 2.05) is 0 Å². The van der Waals surface area contributed by atoms with E-state index in [-0.39, 0.29) is 0 Å². The summed E-state index contributed by atoms with van der Waals surface area (Å²) < 4.78 is 0. The van der Waals surface area contributed by atoms with Crippen LogP contribution in [0.3, 0.4) is 0 Å². The Morgan fingerprint density at radius 1 is 1.06 bits per heavy atom. The van der Waals surface area contributed by atoms with E-state index in [0.717, 1.165) is 0 Å². The minimum atomic E-state index is -1.30. The molecule has 16 heavy (non-hydrogen) atoms. The quantitative estimate of drug-likeness (QED) is 0.552. The molecule has 1 heterocycles. The summed E-state index contributed by atoms with van der Waals surface area (Å²) in [5.41, 5.74) is -1.45. The van der Waals surface area contributed by atoms with Crippen molar-refractivity contribution in [2.75, 3.05) is 0 Å². The van der Waals surface area contributed by atoms with Crippen molar-refractivity contribution in [2.45, 2.75) is 38.9 Å². The van der Waals surface area contributed by atoms with Gasteiger partial charge in [0.1, 0.15) is 0 Å². The Labute approximate surface area is 100 Å². The van der Waals surface area contributed by atoms with Gasteiger partial charge < -0.3 is 20.3 Å². The smallest absolute Gasteiger partial charge is 0.423 e. The van der Waals surface area contributed by atoms with Crippen LogP contribution >= 0.6 is 11.3 Å².